The molecule has 156 valence electrons. The highest BCUT2D eigenvalue weighted by atomic mass is 35.5. The van der Waals surface area contributed by atoms with Crippen molar-refractivity contribution in [2.45, 2.75) is 16.8 Å². The van der Waals surface area contributed by atoms with Crippen LogP contribution in [0.15, 0.2) is 52.4 Å². The molecule has 0 saturated heterocycles. The van der Waals surface area contributed by atoms with E-state index in [4.69, 9.17) is 21.5 Å². The number of hydrogen-bond acceptors (Lipinski definition) is 6. The minimum Gasteiger partial charge on any atom is -0.495 e. The molecule has 0 aliphatic carbocycles. The Morgan fingerprint density at radius 3 is 2.34 bits per heavy atom. The van der Waals surface area contributed by atoms with Crippen molar-refractivity contribution in [1.29, 1.82) is 0 Å². The van der Waals surface area contributed by atoms with Gasteiger partial charge in [0, 0.05) is 11.3 Å². The number of nitrogens with zero attached hydrogens (tertiary/aromatic N) is 2. The van der Waals surface area contributed by atoms with Gasteiger partial charge in [0.05, 0.1) is 23.6 Å². The van der Waals surface area contributed by atoms with Crippen LogP contribution in [-0.2, 0) is 10.0 Å². The summed E-state index contributed by atoms with van der Waals surface area (Å²) in [6, 6.07) is 9.06. The highest BCUT2D eigenvalue weighted by molar-refractivity contribution is 7.89. The zero-order valence-corrected chi connectivity index (χ0v) is 16.4. The first-order valence-electron chi connectivity index (χ1n) is 7.99. The molecule has 29 heavy (non-hydrogen) atoms. The Labute approximate surface area is 169 Å². The quantitative estimate of drug-likeness (QED) is 0.746. The van der Waals surface area contributed by atoms with Gasteiger partial charge in [-0.3, -0.25) is 0 Å². The maximum absolute atomic E-state index is 13.4. The van der Waals surface area contributed by atoms with E-state index in [1.165, 1.54) is 37.4 Å². The van der Waals surface area contributed by atoms with Crippen LogP contribution in [0.4, 0.5) is 18.9 Å². The number of sulfonamides is 1. The Kier molecular flexibility index (Phi) is 5.28. The molecule has 1 aliphatic rings. The van der Waals surface area contributed by atoms with Crippen molar-refractivity contribution in [2.24, 2.45) is 10.1 Å². The number of methoxy groups -OCH3 is 1. The van der Waals surface area contributed by atoms with Gasteiger partial charge in [0.1, 0.15) is 11.6 Å². The summed E-state index contributed by atoms with van der Waals surface area (Å²) in [5.41, 5.74) is -2.98. The number of nitrogens with two attached hydrogens (primary N) is 1. The van der Waals surface area contributed by atoms with Crippen molar-refractivity contribution >= 4 is 33.1 Å². The Balaban J connectivity index is 2.10. The van der Waals surface area contributed by atoms with E-state index in [9.17, 15) is 26.7 Å². The first kappa shape index (κ1) is 21.4. The summed E-state index contributed by atoms with van der Waals surface area (Å²) < 4.78 is 68.1. The van der Waals surface area contributed by atoms with Crippen LogP contribution >= 0.6 is 11.6 Å². The molecule has 1 heterocycles. The van der Waals surface area contributed by atoms with Crippen LogP contribution in [0.25, 0.3) is 0 Å². The van der Waals surface area contributed by atoms with Crippen molar-refractivity contribution in [1.82, 2.24) is 0 Å². The second-order valence-corrected chi connectivity index (χ2v) is 8.19. The lowest BCUT2D eigenvalue weighted by Gasteiger charge is -2.26. The maximum atomic E-state index is 13.4. The summed E-state index contributed by atoms with van der Waals surface area (Å²) in [7, 11) is -2.59. The van der Waals surface area contributed by atoms with E-state index in [1.807, 2.05) is 0 Å². The van der Waals surface area contributed by atoms with Crippen LogP contribution in [0.2, 0.25) is 5.02 Å². The molecule has 1 unspecified atom stereocenters. The van der Waals surface area contributed by atoms with Gasteiger partial charge >= 0.3 is 6.18 Å². The van der Waals surface area contributed by atoms with E-state index >= 15 is 0 Å². The van der Waals surface area contributed by atoms with Gasteiger partial charge in [-0.2, -0.15) is 13.2 Å². The normalized spacial score (nSPS) is 20.0. The molecule has 2 aromatic rings. The lowest BCUT2D eigenvalue weighted by atomic mass is 10.1. The molecule has 0 saturated carbocycles. The number of ether oxygens (including phenoxy) is 1. The van der Waals surface area contributed by atoms with E-state index in [-0.39, 0.29) is 27.0 Å². The molecule has 0 aromatic heterocycles. The van der Waals surface area contributed by atoms with Crippen LogP contribution in [0.3, 0.4) is 0 Å². The summed E-state index contributed by atoms with van der Waals surface area (Å²) in [5.74, 6) is 0.101. The highest BCUT2D eigenvalue weighted by Gasteiger charge is 2.59. The molecule has 1 aliphatic heterocycles. The van der Waals surface area contributed by atoms with Gasteiger partial charge in [-0.15, -0.1) is 0 Å². The summed E-state index contributed by atoms with van der Waals surface area (Å²) in [4.78, 5) is 4.41. The summed E-state index contributed by atoms with van der Waals surface area (Å²) in [6.07, 6.45) is -5.04. The Morgan fingerprint density at radius 1 is 1.24 bits per heavy atom. The first-order chi connectivity index (χ1) is 13.4. The number of alkyl halides is 3. The van der Waals surface area contributed by atoms with Crippen LogP contribution in [-0.4, -0.2) is 44.9 Å². The number of aliphatic hydroxyl groups is 1. The molecule has 0 spiro atoms. The van der Waals surface area contributed by atoms with Gasteiger partial charge in [-0.25, -0.2) is 18.5 Å². The average molecular weight is 450 g/mol. The molecule has 2 aromatic carbocycles. The van der Waals surface area contributed by atoms with E-state index in [1.54, 1.807) is 0 Å². The number of β-amino-alcohol motifs (C(OH)–C–C–N with tert-alkyl or cyclic N) is 1. The number of aliphatic imine (C=N–C) groups is 1. The second kappa shape index (κ2) is 7.17. The number of anilines is 1. The molecule has 0 amide bonds. The lowest BCUT2D eigenvalue weighted by Crippen LogP contribution is -2.47. The Hall–Kier alpha value is -2.34. The van der Waals surface area contributed by atoms with Crippen molar-refractivity contribution < 1.29 is 31.4 Å². The van der Waals surface area contributed by atoms with E-state index in [0.29, 0.717) is 5.75 Å². The highest BCUT2D eigenvalue weighted by Crippen LogP contribution is 2.40. The number of halogens is 4. The number of hydrogen-bond donors (Lipinski definition) is 2. The fourth-order valence-electron chi connectivity index (χ4n) is 2.77. The second-order valence-electron chi connectivity index (χ2n) is 6.22. The predicted octanol–water partition coefficient (Wildman–Crippen LogP) is 2.51. The molecular formula is C17H15ClF3N3O4S. The van der Waals surface area contributed by atoms with Gasteiger partial charge in [0.15, 0.2) is 0 Å². The minimum atomic E-state index is -5.04. The fourth-order valence-corrected chi connectivity index (χ4v) is 3.54. The summed E-state index contributed by atoms with van der Waals surface area (Å²) in [5, 5.41) is 15.3. The molecule has 1 atom stereocenters. The van der Waals surface area contributed by atoms with E-state index in [2.05, 4.69) is 4.99 Å². The summed E-state index contributed by atoms with van der Waals surface area (Å²) >= 11 is 6.08. The SMILES string of the molecule is COc1ccc(N2CC(O)(C(F)(F)F)N=C2c2ccc(S(N)(=O)=O)cc2)cc1Cl. The monoisotopic (exact) mass is 449 g/mol. The van der Waals surface area contributed by atoms with Crippen LogP contribution in [0, 0.1) is 0 Å². The summed E-state index contributed by atoms with van der Waals surface area (Å²) in [6.45, 7) is -0.911. The van der Waals surface area contributed by atoms with Gasteiger partial charge in [0.25, 0.3) is 5.72 Å². The molecule has 3 N–H and O–H groups in total. The number of amidine groups is 1. The van der Waals surface area contributed by atoms with Crippen molar-refractivity contribution in [3.05, 3.63) is 53.1 Å². The van der Waals surface area contributed by atoms with E-state index in [0.717, 1.165) is 17.0 Å². The zero-order chi connectivity index (χ0) is 21.6. The van der Waals surface area contributed by atoms with Crippen molar-refractivity contribution in [3.63, 3.8) is 0 Å². The van der Waals surface area contributed by atoms with Gasteiger partial charge < -0.3 is 14.7 Å². The Bertz CT molecular complexity index is 1070. The van der Waals surface area contributed by atoms with Crippen LogP contribution in [0.1, 0.15) is 5.56 Å². The number of rotatable bonds is 4. The van der Waals surface area contributed by atoms with Gasteiger partial charge in [-0.05, 0) is 42.5 Å². The molecule has 7 nitrogen and oxygen atoms in total. The number of benzene rings is 2. The molecular weight excluding hydrogens is 435 g/mol. The van der Waals surface area contributed by atoms with E-state index < -0.39 is 28.5 Å². The van der Waals surface area contributed by atoms with Crippen LogP contribution < -0.4 is 14.8 Å². The third-order valence-electron chi connectivity index (χ3n) is 4.27. The molecule has 3 rings (SSSR count). The van der Waals surface area contributed by atoms with Crippen molar-refractivity contribution in [2.75, 3.05) is 18.6 Å². The van der Waals surface area contributed by atoms with Gasteiger partial charge in [0.2, 0.25) is 10.0 Å². The largest absolute Gasteiger partial charge is 0.495 e. The standard InChI is InChI=1S/C17H15ClF3N3O4S/c1-28-14-7-4-11(8-13(14)18)24-9-16(25,17(19,20)21)23-15(24)10-2-5-12(6-3-10)29(22,26)27/h2-8,25H,9H2,1H3,(H2,22,26,27). The first-order valence-corrected chi connectivity index (χ1v) is 9.91. The van der Waals surface area contributed by atoms with Crippen molar-refractivity contribution in [3.8, 4) is 5.75 Å². The smallest absolute Gasteiger partial charge is 0.440 e. The molecule has 0 radical (unpaired) electrons. The number of primary sulfonamides is 1. The molecule has 0 fully saturated rings. The fraction of sp³-hybridized carbons (Fsp3) is 0.235. The molecule has 12 heteroatoms. The minimum absolute atomic E-state index is 0.143. The zero-order valence-electron chi connectivity index (χ0n) is 14.8. The topological polar surface area (TPSA) is 105 Å². The third kappa shape index (κ3) is 4.04. The average Bonchev–Trinajstić information content (AvgIpc) is 3.00. The third-order valence-corrected chi connectivity index (χ3v) is 5.49. The Morgan fingerprint density at radius 2 is 1.86 bits per heavy atom. The maximum Gasteiger partial charge on any atom is 0.440 e. The van der Waals surface area contributed by atoms with Crippen LogP contribution in [0.5, 0.6) is 5.75 Å². The predicted molar refractivity (Wildman–Crippen MR) is 101 cm³/mol. The van der Waals surface area contributed by atoms with Gasteiger partial charge in [-0.1, -0.05) is 11.6 Å². The lowest BCUT2D eigenvalue weighted by molar-refractivity contribution is -0.249. The molecule has 0 bridgehead atoms.